The predicted octanol–water partition coefficient (Wildman–Crippen LogP) is 11.9. The lowest BCUT2D eigenvalue weighted by atomic mass is 10.0. The van der Waals surface area contributed by atoms with Crippen LogP contribution in [0.2, 0.25) is 0 Å². The van der Waals surface area contributed by atoms with E-state index in [0.29, 0.717) is 12.8 Å². The van der Waals surface area contributed by atoms with Crippen LogP contribution in [0.3, 0.4) is 0 Å². The molecule has 0 saturated heterocycles. The van der Waals surface area contributed by atoms with Gasteiger partial charge in [0.05, 0.1) is 0 Å². The van der Waals surface area contributed by atoms with Crippen molar-refractivity contribution in [2.75, 3.05) is 0 Å². The summed E-state index contributed by atoms with van der Waals surface area (Å²) in [6.07, 6.45) is 38.3. The van der Waals surface area contributed by atoms with Crippen LogP contribution in [-0.4, -0.2) is 23.1 Å². The molecule has 0 rings (SSSR count). The highest BCUT2D eigenvalue weighted by atomic mass is 16.5. The van der Waals surface area contributed by atoms with Gasteiger partial charge in [-0.25, -0.2) is 0 Å². The van der Waals surface area contributed by atoms with E-state index < -0.39 is 5.97 Å². The molecule has 1 unspecified atom stereocenters. The zero-order valence-electron chi connectivity index (χ0n) is 26.9. The van der Waals surface area contributed by atoms with Crippen molar-refractivity contribution in [3.8, 4) is 0 Å². The molecule has 0 aliphatic heterocycles. The van der Waals surface area contributed by atoms with Crippen LogP contribution in [0, 0.1) is 0 Å². The van der Waals surface area contributed by atoms with Crippen molar-refractivity contribution in [3.63, 3.8) is 0 Å². The second-order valence-corrected chi connectivity index (χ2v) is 12.1. The summed E-state index contributed by atoms with van der Waals surface area (Å²) in [7, 11) is 0. The zero-order valence-corrected chi connectivity index (χ0v) is 26.9. The Morgan fingerprint density at radius 2 is 0.925 bits per heavy atom. The monoisotopic (exact) mass is 565 g/mol. The Bertz CT molecular complexity index is 571. The Hall–Kier alpha value is -1.32. The number of allylic oxidation sites excluding steroid dienone is 2. The quantitative estimate of drug-likeness (QED) is 0.0501. The molecule has 0 radical (unpaired) electrons. The Balaban J connectivity index is 3.73. The molecule has 0 aliphatic rings. The highest BCUT2D eigenvalue weighted by Gasteiger charge is 2.14. The van der Waals surface area contributed by atoms with E-state index in [0.717, 1.165) is 38.5 Å². The highest BCUT2D eigenvalue weighted by Crippen LogP contribution is 2.18. The smallest absolute Gasteiger partial charge is 0.306 e. The first-order valence-corrected chi connectivity index (χ1v) is 17.7. The van der Waals surface area contributed by atoms with Gasteiger partial charge in [-0.2, -0.15) is 0 Å². The van der Waals surface area contributed by atoms with Crippen LogP contribution >= 0.6 is 0 Å². The lowest BCUT2D eigenvalue weighted by molar-refractivity contribution is -0.150. The summed E-state index contributed by atoms with van der Waals surface area (Å²) in [6.45, 7) is 4.47. The maximum Gasteiger partial charge on any atom is 0.306 e. The van der Waals surface area contributed by atoms with Crippen LogP contribution in [0.25, 0.3) is 0 Å². The van der Waals surface area contributed by atoms with Gasteiger partial charge in [0.2, 0.25) is 0 Å². The number of hydrogen-bond donors (Lipinski definition) is 1. The molecule has 1 N–H and O–H groups in total. The third-order valence-corrected chi connectivity index (χ3v) is 7.99. The molecular formula is C36H68O4. The van der Waals surface area contributed by atoms with Gasteiger partial charge < -0.3 is 9.84 Å². The summed E-state index contributed by atoms with van der Waals surface area (Å²) in [5.41, 5.74) is 0. The van der Waals surface area contributed by atoms with Crippen molar-refractivity contribution in [2.45, 2.75) is 206 Å². The third-order valence-electron chi connectivity index (χ3n) is 7.99. The van der Waals surface area contributed by atoms with Crippen molar-refractivity contribution in [1.82, 2.24) is 0 Å². The van der Waals surface area contributed by atoms with Crippen LogP contribution in [0.1, 0.15) is 200 Å². The third kappa shape index (κ3) is 31.2. The van der Waals surface area contributed by atoms with Gasteiger partial charge >= 0.3 is 11.9 Å². The highest BCUT2D eigenvalue weighted by molar-refractivity contribution is 5.69. The van der Waals surface area contributed by atoms with Gasteiger partial charge in [0.1, 0.15) is 6.10 Å². The fraction of sp³-hybridized carbons (Fsp3) is 0.889. The average molecular weight is 565 g/mol. The van der Waals surface area contributed by atoms with Gasteiger partial charge in [-0.3, -0.25) is 9.59 Å². The van der Waals surface area contributed by atoms with Crippen molar-refractivity contribution in [2.24, 2.45) is 0 Å². The molecule has 0 fully saturated rings. The van der Waals surface area contributed by atoms with E-state index in [2.05, 4.69) is 26.0 Å². The molecule has 4 nitrogen and oxygen atoms in total. The van der Waals surface area contributed by atoms with Gasteiger partial charge in [0.15, 0.2) is 0 Å². The molecule has 236 valence electrons. The molecule has 0 aromatic carbocycles. The molecule has 1 atom stereocenters. The standard InChI is InChI=1S/C36H68O4/c1-3-5-7-8-9-10-14-19-22-25-29-33-36(39)40-34(30-26-6-4-2)31-27-23-20-17-15-12-11-13-16-18-21-24-28-32-35(37)38/h8-9,34H,3-7,10-33H2,1-2H3,(H,37,38)/b9-8-. The minimum atomic E-state index is -0.668. The largest absolute Gasteiger partial charge is 0.481 e. The minimum absolute atomic E-state index is 0.0283. The van der Waals surface area contributed by atoms with Gasteiger partial charge in [-0.05, 0) is 57.8 Å². The minimum Gasteiger partial charge on any atom is -0.481 e. The maximum atomic E-state index is 12.5. The first-order chi connectivity index (χ1) is 19.6. The molecule has 4 heteroatoms. The molecule has 0 saturated carbocycles. The summed E-state index contributed by atoms with van der Waals surface area (Å²) in [4.78, 5) is 23.0. The number of unbranched alkanes of at least 4 members (excludes halogenated alkanes) is 21. The van der Waals surface area contributed by atoms with E-state index >= 15 is 0 Å². The summed E-state index contributed by atoms with van der Waals surface area (Å²) in [5.74, 6) is -0.639. The number of esters is 1. The fourth-order valence-corrected chi connectivity index (χ4v) is 5.34. The maximum absolute atomic E-state index is 12.5. The summed E-state index contributed by atoms with van der Waals surface area (Å²) in [6, 6.07) is 0. The van der Waals surface area contributed by atoms with E-state index in [1.165, 1.54) is 135 Å². The van der Waals surface area contributed by atoms with E-state index in [-0.39, 0.29) is 12.1 Å². The Kier molecular flexibility index (Phi) is 31.1. The van der Waals surface area contributed by atoms with Crippen LogP contribution in [0.4, 0.5) is 0 Å². The average Bonchev–Trinajstić information content (AvgIpc) is 2.93. The zero-order chi connectivity index (χ0) is 29.4. The first kappa shape index (κ1) is 38.7. The Morgan fingerprint density at radius 3 is 1.43 bits per heavy atom. The first-order valence-electron chi connectivity index (χ1n) is 17.7. The van der Waals surface area contributed by atoms with Crippen molar-refractivity contribution in [3.05, 3.63) is 12.2 Å². The lowest BCUT2D eigenvalue weighted by Gasteiger charge is -2.18. The second kappa shape index (κ2) is 32.2. The fourth-order valence-electron chi connectivity index (χ4n) is 5.34. The topological polar surface area (TPSA) is 63.6 Å². The number of carbonyl (C=O) groups is 2. The summed E-state index contributed by atoms with van der Waals surface area (Å²) >= 11 is 0. The predicted molar refractivity (Wildman–Crippen MR) is 172 cm³/mol. The van der Waals surface area contributed by atoms with Crippen LogP contribution < -0.4 is 0 Å². The van der Waals surface area contributed by atoms with Gasteiger partial charge in [0.25, 0.3) is 0 Å². The van der Waals surface area contributed by atoms with E-state index in [4.69, 9.17) is 9.84 Å². The van der Waals surface area contributed by atoms with E-state index in [1.54, 1.807) is 0 Å². The lowest BCUT2D eigenvalue weighted by Crippen LogP contribution is -2.18. The molecule has 0 aliphatic carbocycles. The van der Waals surface area contributed by atoms with Gasteiger partial charge in [-0.1, -0.05) is 142 Å². The van der Waals surface area contributed by atoms with Crippen molar-refractivity contribution < 1.29 is 19.4 Å². The van der Waals surface area contributed by atoms with E-state index in [9.17, 15) is 9.59 Å². The van der Waals surface area contributed by atoms with Gasteiger partial charge in [-0.15, -0.1) is 0 Å². The number of carboxylic acids is 1. The number of ether oxygens (including phenoxy) is 1. The van der Waals surface area contributed by atoms with Crippen LogP contribution in [0.15, 0.2) is 12.2 Å². The number of carboxylic acid groups (broad SMARTS) is 1. The van der Waals surface area contributed by atoms with Gasteiger partial charge in [0, 0.05) is 12.8 Å². The Labute approximate surface area is 249 Å². The van der Waals surface area contributed by atoms with Crippen molar-refractivity contribution in [1.29, 1.82) is 0 Å². The van der Waals surface area contributed by atoms with Crippen molar-refractivity contribution >= 4 is 11.9 Å². The molecule has 0 aromatic rings. The number of hydrogen-bond acceptors (Lipinski definition) is 3. The molecular weight excluding hydrogens is 496 g/mol. The molecule has 0 amide bonds. The molecule has 0 heterocycles. The number of aliphatic carboxylic acids is 1. The number of rotatable bonds is 32. The summed E-state index contributed by atoms with van der Waals surface area (Å²) in [5, 5.41) is 8.66. The molecule has 0 aromatic heterocycles. The Morgan fingerprint density at radius 1 is 0.525 bits per heavy atom. The molecule has 0 spiro atoms. The van der Waals surface area contributed by atoms with E-state index in [1.807, 2.05) is 0 Å². The van der Waals surface area contributed by atoms with Crippen LogP contribution in [-0.2, 0) is 14.3 Å². The molecule has 0 bridgehead atoms. The summed E-state index contributed by atoms with van der Waals surface area (Å²) < 4.78 is 5.94. The van der Waals surface area contributed by atoms with Crippen LogP contribution in [0.5, 0.6) is 0 Å². The SMILES string of the molecule is CCCC/C=C\CCCCCCCC(=O)OC(CCCCC)CCCCCCCCCCCCCCCC(=O)O. The normalized spacial score (nSPS) is 12.2. The second-order valence-electron chi connectivity index (χ2n) is 12.1. The number of carbonyl (C=O) groups excluding carboxylic acids is 1. The molecule has 40 heavy (non-hydrogen) atoms.